The number of methoxy groups -OCH3 is 1. The molecule has 0 unspecified atom stereocenters. The molecule has 3 aromatic carbocycles. The van der Waals surface area contributed by atoms with Gasteiger partial charge in [0.05, 0.1) is 39.3 Å². The summed E-state index contributed by atoms with van der Waals surface area (Å²) in [4.78, 5) is 18.1. The van der Waals surface area contributed by atoms with Crippen LogP contribution < -0.4 is 15.0 Å². The van der Waals surface area contributed by atoms with Gasteiger partial charge in [-0.3, -0.25) is 4.79 Å². The van der Waals surface area contributed by atoms with Crippen LogP contribution in [0.25, 0.3) is 10.9 Å². The van der Waals surface area contributed by atoms with Crippen molar-refractivity contribution in [1.29, 1.82) is 0 Å². The van der Waals surface area contributed by atoms with Crippen molar-refractivity contribution in [3.05, 3.63) is 95.4 Å². The highest BCUT2D eigenvalue weighted by Crippen LogP contribution is 2.37. The summed E-state index contributed by atoms with van der Waals surface area (Å²) >= 11 is 22.1. The maximum absolute atomic E-state index is 13.4. The van der Waals surface area contributed by atoms with Gasteiger partial charge >= 0.3 is 0 Å². The summed E-state index contributed by atoms with van der Waals surface area (Å²) < 4.78 is 13.6. The van der Waals surface area contributed by atoms with Gasteiger partial charge in [0.15, 0.2) is 11.5 Å². The summed E-state index contributed by atoms with van der Waals surface area (Å²) in [7, 11) is 1.52. The van der Waals surface area contributed by atoms with Gasteiger partial charge in [-0.25, -0.2) is 4.98 Å². The predicted molar refractivity (Wildman–Crippen MR) is 154 cm³/mol. The minimum absolute atomic E-state index is 0.211. The maximum atomic E-state index is 13.4. The summed E-state index contributed by atoms with van der Waals surface area (Å²) in [5.74, 6) is 1.32. The third-order valence-electron chi connectivity index (χ3n) is 5.42. The molecular weight excluding hydrogens is 601 g/mol. The van der Waals surface area contributed by atoms with E-state index in [9.17, 15) is 4.79 Å². The standard InChI is InChI=1S/C27H23BrCl3N3O3/c1-27(2,3)26-33-22-8-6-17(28)12-18(22)25(35)34(26)32-13-16-10-21(31)24(23(11-16)36-4)37-14-15-5-7-19(29)20(30)9-15/h5-13H,14H2,1-4H3. The SMILES string of the molecule is COc1cc(C=Nn2c(C(C)(C)C)nc3ccc(Br)cc3c2=O)cc(Cl)c1OCc1ccc(Cl)c(Cl)c1. The second kappa shape index (κ2) is 11.0. The first-order valence-corrected chi connectivity index (χ1v) is 13.1. The molecule has 4 rings (SSSR count). The number of fused-ring (bicyclic) bond motifs is 1. The van der Waals surface area contributed by atoms with Crippen molar-refractivity contribution in [1.82, 2.24) is 9.66 Å². The third kappa shape index (κ3) is 6.12. The molecular formula is C27H23BrCl3N3O3. The smallest absolute Gasteiger partial charge is 0.282 e. The van der Waals surface area contributed by atoms with Crippen LogP contribution >= 0.6 is 50.7 Å². The lowest BCUT2D eigenvalue weighted by atomic mass is 9.95. The summed E-state index contributed by atoms with van der Waals surface area (Å²) in [5, 5.41) is 6.19. The van der Waals surface area contributed by atoms with Crippen molar-refractivity contribution in [2.45, 2.75) is 32.8 Å². The Balaban J connectivity index is 1.70. The summed E-state index contributed by atoms with van der Waals surface area (Å²) in [6, 6.07) is 14.1. The Hall–Kier alpha value is -2.58. The van der Waals surface area contributed by atoms with Crippen molar-refractivity contribution in [3.63, 3.8) is 0 Å². The molecule has 0 fully saturated rings. The highest BCUT2D eigenvalue weighted by Gasteiger charge is 2.23. The molecule has 0 saturated heterocycles. The zero-order chi connectivity index (χ0) is 26.9. The van der Waals surface area contributed by atoms with E-state index in [2.05, 4.69) is 21.0 Å². The third-order valence-corrected chi connectivity index (χ3v) is 6.93. The second-order valence-electron chi connectivity index (χ2n) is 9.28. The molecule has 1 aromatic heterocycles. The van der Waals surface area contributed by atoms with Crippen LogP contribution in [-0.2, 0) is 12.0 Å². The number of nitrogens with zero attached hydrogens (tertiary/aromatic N) is 3. The normalized spacial score (nSPS) is 11.9. The zero-order valence-corrected chi connectivity index (χ0v) is 24.3. The monoisotopic (exact) mass is 621 g/mol. The molecule has 0 aliphatic heterocycles. The van der Waals surface area contributed by atoms with Gasteiger partial charge in [0.1, 0.15) is 12.4 Å². The molecule has 6 nitrogen and oxygen atoms in total. The average molecular weight is 624 g/mol. The van der Waals surface area contributed by atoms with Crippen LogP contribution in [-0.4, -0.2) is 23.0 Å². The molecule has 192 valence electrons. The van der Waals surface area contributed by atoms with Crippen LogP contribution in [0.5, 0.6) is 11.5 Å². The van der Waals surface area contributed by atoms with Crippen LogP contribution in [0.3, 0.4) is 0 Å². The number of hydrogen-bond donors (Lipinski definition) is 0. The van der Waals surface area contributed by atoms with Gasteiger partial charge in [0.25, 0.3) is 5.56 Å². The molecule has 0 aliphatic carbocycles. The molecule has 0 radical (unpaired) electrons. The number of benzene rings is 3. The van der Waals surface area contributed by atoms with Gasteiger partial charge in [-0.05, 0) is 53.6 Å². The maximum Gasteiger partial charge on any atom is 0.282 e. The second-order valence-corrected chi connectivity index (χ2v) is 11.4. The van der Waals surface area contributed by atoms with E-state index in [1.54, 1.807) is 36.5 Å². The van der Waals surface area contributed by atoms with Crippen molar-refractivity contribution in [2.75, 3.05) is 7.11 Å². The number of rotatable bonds is 6. The van der Waals surface area contributed by atoms with Crippen LogP contribution in [0.2, 0.25) is 15.1 Å². The lowest BCUT2D eigenvalue weighted by Crippen LogP contribution is -2.29. The first-order chi connectivity index (χ1) is 17.5. The van der Waals surface area contributed by atoms with Crippen LogP contribution in [0.4, 0.5) is 0 Å². The lowest BCUT2D eigenvalue weighted by molar-refractivity contribution is 0.284. The number of halogens is 4. The lowest BCUT2D eigenvalue weighted by Gasteiger charge is -2.21. The zero-order valence-electron chi connectivity index (χ0n) is 20.5. The van der Waals surface area contributed by atoms with Gasteiger partial charge in [-0.2, -0.15) is 9.78 Å². The molecule has 0 atom stereocenters. The fraction of sp³-hybridized carbons (Fsp3) is 0.222. The van der Waals surface area contributed by atoms with E-state index in [4.69, 9.17) is 49.3 Å². The largest absolute Gasteiger partial charge is 0.493 e. The number of ether oxygens (including phenoxy) is 2. The topological polar surface area (TPSA) is 65.7 Å². The van der Waals surface area contributed by atoms with Gasteiger partial charge < -0.3 is 9.47 Å². The highest BCUT2D eigenvalue weighted by molar-refractivity contribution is 9.10. The van der Waals surface area contributed by atoms with E-state index < -0.39 is 5.41 Å². The van der Waals surface area contributed by atoms with Crippen molar-refractivity contribution in [3.8, 4) is 11.5 Å². The fourth-order valence-corrected chi connectivity index (χ4v) is 4.56. The first kappa shape index (κ1) is 27.5. The summed E-state index contributed by atoms with van der Waals surface area (Å²) in [5.41, 5.74) is 1.34. The van der Waals surface area contributed by atoms with E-state index in [0.717, 1.165) is 10.0 Å². The molecule has 0 aliphatic rings. The van der Waals surface area contributed by atoms with Crippen LogP contribution in [0.15, 0.2) is 62.9 Å². The van der Waals surface area contributed by atoms with Crippen LogP contribution in [0.1, 0.15) is 37.7 Å². The number of hydrogen-bond acceptors (Lipinski definition) is 5. The minimum Gasteiger partial charge on any atom is -0.493 e. The Labute approximate surface area is 237 Å². The Bertz CT molecular complexity index is 1580. The number of aromatic nitrogens is 2. The van der Waals surface area contributed by atoms with Gasteiger partial charge in [0.2, 0.25) is 0 Å². The molecule has 37 heavy (non-hydrogen) atoms. The molecule has 0 spiro atoms. The van der Waals surface area contributed by atoms with Crippen molar-refractivity contribution >= 4 is 67.9 Å². The summed E-state index contributed by atoms with van der Waals surface area (Å²) in [6.45, 7) is 6.14. The first-order valence-electron chi connectivity index (χ1n) is 11.2. The average Bonchev–Trinajstić information content (AvgIpc) is 2.84. The Kier molecular flexibility index (Phi) is 8.19. The predicted octanol–water partition coefficient (Wildman–Crippen LogP) is 7.89. The highest BCUT2D eigenvalue weighted by atomic mass is 79.9. The fourth-order valence-electron chi connectivity index (χ4n) is 3.61. The van der Waals surface area contributed by atoms with Crippen molar-refractivity contribution < 1.29 is 9.47 Å². The van der Waals surface area contributed by atoms with Gasteiger partial charge in [-0.1, -0.05) is 77.6 Å². The Morgan fingerprint density at radius 2 is 1.78 bits per heavy atom. The quantitative estimate of drug-likeness (QED) is 0.205. The van der Waals surface area contributed by atoms with E-state index in [-0.39, 0.29) is 12.2 Å². The van der Waals surface area contributed by atoms with Crippen LogP contribution in [0, 0.1) is 0 Å². The minimum atomic E-state index is -0.435. The van der Waals surface area contributed by atoms with E-state index in [0.29, 0.717) is 48.9 Å². The van der Waals surface area contributed by atoms with Crippen molar-refractivity contribution in [2.24, 2.45) is 5.10 Å². The van der Waals surface area contributed by atoms with E-state index in [1.165, 1.54) is 11.8 Å². The van der Waals surface area contributed by atoms with Gasteiger partial charge in [-0.15, -0.1) is 0 Å². The molecule has 1 heterocycles. The molecule has 0 bridgehead atoms. The van der Waals surface area contributed by atoms with Gasteiger partial charge in [0, 0.05) is 9.89 Å². The molecule has 0 N–H and O–H groups in total. The molecule has 0 saturated carbocycles. The van der Waals surface area contributed by atoms with E-state index in [1.807, 2.05) is 39.0 Å². The molecule has 4 aromatic rings. The molecule has 0 amide bonds. The molecule has 10 heteroatoms. The Morgan fingerprint density at radius 3 is 2.46 bits per heavy atom. The summed E-state index contributed by atoms with van der Waals surface area (Å²) in [6.07, 6.45) is 1.54. The Morgan fingerprint density at radius 1 is 1.03 bits per heavy atom. The van der Waals surface area contributed by atoms with E-state index >= 15 is 0 Å².